The van der Waals surface area contributed by atoms with E-state index in [1.807, 2.05) is 11.0 Å². The van der Waals surface area contributed by atoms with E-state index in [1.54, 1.807) is 7.11 Å². The van der Waals surface area contributed by atoms with Crippen molar-refractivity contribution >= 4 is 22.7 Å². The van der Waals surface area contributed by atoms with Gasteiger partial charge < -0.3 is 19.9 Å². The van der Waals surface area contributed by atoms with Gasteiger partial charge in [0.05, 0.1) is 7.11 Å². The standard InChI is InChI=1S/C28H37N3O3/c1-34-22-2-3-25-23(13-22)24(17-30-25)21-5-8-31(9-6-21)26(32)4-7-29-27(33)28-14-18-10-19(15-28)12-20(11-18)16-28/h2-3,13,17-21,30H,4-12,14-16H2,1H3,(H,29,33). The maximum atomic E-state index is 13.1. The number of rotatable bonds is 6. The third kappa shape index (κ3) is 3.89. The first kappa shape index (κ1) is 22.0. The molecule has 1 aromatic carbocycles. The fourth-order valence-corrected chi connectivity index (χ4v) is 8.04. The molecule has 1 saturated heterocycles. The molecule has 5 fully saturated rings. The molecule has 1 aliphatic heterocycles. The molecule has 0 radical (unpaired) electrons. The van der Waals surface area contributed by atoms with Gasteiger partial charge in [0.15, 0.2) is 0 Å². The van der Waals surface area contributed by atoms with E-state index in [1.165, 1.54) is 30.2 Å². The van der Waals surface area contributed by atoms with E-state index in [0.29, 0.717) is 18.9 Å². The first-order valence-electron chi connectivity index (χ1n) is 13.2. The summed E-state index contributed by atoms with van der Waals surface area (Å²) in [7, 11) is 1.70. The van der Waals surface area contributed by atoms with E-state index >= 15 is 0 Å². The SMILES string of the molecule is COc1ccc2[nH]cc(C3CCN(C(=O)CCNC(=O)C45CC6CC(CC(C6)C4)C5)CC3)c2c1. The lowest BCUT2D eigenvalue weighted by Crippen LogP contribution is -2.53. The van der Waals surface area contributed by atoms with Crippen LogP contribution in [0.4, 0.5) is 0 Å². The van der Waals surface area contributed by atoms with Gasteiger partial charge in [0.25, 0.3) is 0 Å². The highest BCUT2D eigenvalue weighted by atomic mass is 16.5. The van der Waals surface area contributed by atoms with Crippen molar-refractivity contribution < 1.29 is 14.3 Å². The number of nitrogens with zero attached hydrogens (tertiary/aromatic N) is 1. The van der Waals surface area contributed by atoms with Gasteiger partial charge in [-0.15, -0.1) is 0 Å². The van der Waals surface area contributed by atoms with Crippen molar-refractivity contribution in [3.63, 3.8) is 0 Å². The Balaban J connectivity index is 0.998. The molecule has 4 saturated carbocycles. The van der Waals surface area contributed by atoms with Gasteiger partial charge in [0, 0.05) is 48.6 Å². The van der Waals surface area contributed by atoms with Gasteiger partial charge >= 0.3 is 0 Å². The summed E-state index contributed by atoms with van der Waals surface area (Å²) < 4.78 is 5.41. The molecule has 182 valence electrons. The number of fused-ring (bicyclic) bond motifs is 1. The second kappa shape index (κ2) is 8.62. The lowest BCUT2D eigenvalue weighted by molar-refractivity contribution is -0.146. The smallest absolute Gasteiger partial charge is 0.226 e. The van der Waals surface area contributed by atoms with Crippen LogP contribution in [0.25, 0.3) is 10.9 Å². The van der Waals surface area contributed by atoms with Crippen LogP contribution in [0, 0.1) is 23.2 Å². The Labute approximate surface area is 201 Å². The zero-order valence-electron chi connectivity index (χ0n) is 20.3. The van der Waals surface area contributed by atoms with Crippen LogP contribution >= 0.6 is 0 Å². The molecule has 6 heteroatoms. The van der Waals surface area contributed by atoms with Crippen LogP contribution in [0.2, 0.25) is 0 Å². The Morgan fingerprint density at radius 2 is 1.76 bits per heavy atom. The molecule has 5 aliphatic rings. The van der Waals surface area contributed by atoms with Crippen molar-refractivity contribution in [2.45, 2.75) is 63.7 Å². The number of ether oxygens (including phenoxy) is 1. The highest BCUT2D eigenvalue weighted by Crippen LogP contribution is 2.60. The van der Waals surface area contributed by atoms with Crippen molar-refractivity contribution in [3.8, 4) is 5.75 Å². The van der Waals surface area contributed by atoms with Crippen LogP contribution in [0.15, 0.2) is 24.4 Å². The van der Waals surface area contributed by atoms with Crippen LogP contribution in [-0.2, 0) is 9.59 Å². The van der Waals surface area contributed by atoms with Crippen molar-refractivity contribution in [1.82, 2.24) is 15.2 Å². The number of benzene rings is 1. The number of aromatic amines is 1. The molecule has 0 atom stereocenters. The second-order valence-corrected chi connectivity index (χ2v) is 11.5. The molecule has 2 aromatic rings. The summed E-state index contributed by atoms with van der Waals surface area (Å²) in [4.78, 5) is 31.4. The Morgan fingerprint density at radius 1 is 1.09 bits per heavy atom. The van der Waals surface area contributed by atoms with Crippen LogP contribution in [0.1, 0.15) is 69.3 Å². The molecule has 6 nitrogen and oxygen atoms in total. The second-order valence-electron chi connectivity index (χ2n) is 11.5. The number of H-pyrrole nitrogens is 1. The molecule has 2 amide bonds. The minimum absolute atomic E-state index is 0.127. The topological polar surface area (TPSA) is 74.4 Å². The van der Waals surface area contributed by atoms with E-state index in [9.17, 15) is 9.59 Å². The number of nitrogens with one attached hydrogen (secondary N) is 2. The molecular formula is C28H37N3O3. The summed E-state index contributed by atoms with van der Waals surface area (Å²) in [6, 6.07) is 6.14. The van der Waals surface area contributed by atoms with Gasteiger partial charge in [0.1, 0.15) is 5.75 Å². The molecule has 2 N–H and O–H groups in total. The van der Waals surface area contributed by atoms with Crippen LogP contribution in [0.5, 0.6) is 5.75 Å². The van der Waals surface area contributed by atoms with Crippen molar-refractivity contribution in [2.24, 2.45) is 23.2 Å². The fourth-order valence-electron chi connectivity index (χ4n) is 8.04. The summed E-state index contributed by atoms with van der Waals surface area (Å²) in [5.41, 5.74) is 2.32. The molecule has 4 aliphatic carbocycles. The maximum Gasteiger partial charge on any atom is 0.226 e. The average Bonchev–Trinajstić information content (AvgIpc) is 3.26. The Hall–Kier alpha value is -2.50. The Bertz CT molecular complexity index is 1050. The van der Waals surface area contributed by atoms with E-state index in [-0.39, 0.29) is 17.2 Å². The van der Waals surface area contributed by atoms with Crippen molar-refractivity contribution in [2.75, 3.05) is 26.7 Å². The largest absolute Gasteiger partial charge is 0.497 e. The molecular weight excluding hydrogens is 426 g/mol. The number of aromatic nitrogens is 1. The van der Waals surface area contributed by atoms with Crippen LogP contribution in [-0.4, -0.2) is 48.4 Å². The summed E-state index contributed by atoms with van der Waals surface area (Å²) in [5, 5.41) is 4.39. The zero-order chi connectivity index (χ0) is 23.3. The quantitative estimate of drug-likeness (QED) is 0.657. The first-order valence-corrected chi connectivity index (χ1v) is 13.2. The van der Waals surface area contributed by atoms with E-state index < -0.39 is 0 Å². The van der Waals surface area contributed by atoms with Crippen LogP contribution in [0.3, 0.4) is 0 Å². The number of carbonyl (C=O) groups excluding carboxylic acids is 2. The van der Waals surface area contributed by atoms with Gasteiger partial charge in [-0.3, -0.25) is 9.59 Å². The third-order valence-corrected chi connectivity index (χ3v) is 9.35. The minimum Gasteiger partial charge on any atom is -0.497 e. The monoisotopic (exact) mass is 463 g/mol. The lowest BCUT2D eigenvalue weighted by Gasteiger charge is -2.55. The van der Waals surface area contributed by atoms with E-state index in [0.717, 1.165) is 74.2 Å². The number of carbonyl (C=O) groups is 2. The number of hydrogen-bond acceptors (Lipinski definition) is 3. The summed E-state index contributed by atoms with van der Waals surface area (Å²) in [6.07, 6.45) is 11.7. The molecule has 0 spiro atoms. The van der Waals surface area contributed by atoms with Crippen LogP contribution < -0.4 is 10.1 Å². The van der Waals surface area contributed by atoms with E-state index in [4.69, 9.17) is 4.74 Å². The molecule has 7 rings (SSSR count). The number of piperidine rings is 1. The molecule has 4 bridgehead atoms. The predicted octanol–water partition coefficient (Wildman–Crippen LogP) is 4.61. The Morgan fingerprint density at radius 3 is 2.41 bits per heavy atom. The highest BCUT2D eigenvalue weighted by Gasteiger charge is 2.54. The molecule has 0 unspecified atom stereocenters. The van der Waals surface area contributed by atoms with Gasteiger partial charge in [-0.25, -0.2) is 0 Å². The molecule has 34 heavy (non-hydrogen) atoms. The number of likely N-dealkylation sites (tertiary alicyclic amines) is 1. The van der Waals surface area contributed by atoms with Gasteiger partial charge in [-0.1, -0.05) is 0 Å². The average molecular weight is 464 g/mol. The fraction of sp³-hybridized carbons (Fsp3) is 0.643. The van der Waals surface area contributed by atoms with Gasteiger partial charge in [0.2, 0.25) is 11.8 Å². The first-order chi connectivity index (χ1) is 16.5. The van der Waals surface area contributed by atoms with Crippen molar-refractivity contribution in [1.29, 1.82) is 0 Å². The van der Waals surface area contributed by atoms with E-state index in [2.05, 4.69) is 28.6 Å². The third-order valence-electron chi connectivity index (χ3n) is 9.35. The molecule has 2 heterocycles. The van der Waals surface area contributed by atoms with Crippen molar-refractivity contribution in [3.05, 3.63) is 30.0 Å². The highest BCUT2D eigenvalue weighted by molar-refractivity contribution is 5.85. The summed E-state index contributed by atoms with van der Waals surface area (Å²) >= 11 is 0. The molecule has 1 aromatic heterocycles. The van der Waals surface area contributed by atoms with Gasteiger partial charge in [-0.2, -0.15) is 0 Å². The predicted molar refractivity (Wildman–Crippen MR) is 132 cm³/mol. The number of methoxy groups -OCH3 is 1. The number of hydrogen-bond donors (Lipinski definition) is 2. The normalized spacial score (nSPS) is 30.6. The summed E-state index contributed by atoms with van der Waals surface area (Å²) in [5.74, 6) is 4.00. The number of amides is 2. The van der Waals surface area contributed by atoms with Gasteiger partial charge in [-0.05, 0) is 98.8 Å². The zero-order valence-corrected chi connectivity index (χ0v) is 20.3. The summed E-state index contributed by atoms with van der Waals surface area (Å²) in [6.45, 7) is 2.04. The maximum absolute atomic E-state index is 13.1. The lowest BCUT2D eigenvalue weighted by atomic mass is 9.49. The Kier molecular flexibility index (Phi) is 5.57. The minimum atomic E-state index is -0.127.